The van der Waals surface area contributed by atoms with E-state index in [2.05, 4.69) is 0 Å². The molecule has 0 radical (unpaired) electrons. The molecule has 3 aliphatic rings. The summed E-state index contributed by atoms with van der Waals surface area (Å²) in [5, 5.41) is 0.503. The maximum absolute atomic E-state index is 13.0. The molecule has 120 valence electrons. The summed E-state index contributed by atoms with van der Waals surface area (Å²) in [5.74, 6) is -1.64. The van der Waals surface area contributed by atoms with Crippen LogP contribution in [0.15, 0.2) is 36.4 Å². The molecular weight excluding hydrogens is 318 g/mol. The van der Waals surface area contributed by atoms with Crippen molar-refractivity contribution in [3.63, 3.8) is 0 Å². The van der Waals surface area contributed by atoms with Crippen LogP contribution < -0.4 is 4.90 Å². The van der Waals surface area contributed by atoms with Crippen molar-refractivity contribution >= 4 is 29.2 Å². The number of amides is 1. The highest BCUT2D eigenvalue weighted by Crippen LogP contribution is 2.53. The first-order valence-corrected chi connectivity index (χ1v) is 8.05. The Morgan fingerprint density at radius 2 is 2.26 bits per heavy atom. The second-order valence-corrected chi connectivity index (χ2v) is 6.44. The van der Waals surface area contributed by atoms with Crippen molar-refractivity contribution in [1.29, 1.82) is 0 Å². The van der Waals surface area contributed by atoms with Crippen LogP contribution in [0.4, 0.5) is 5.69 Å². The minimum Gasteiger partial charge on any atom is -0.466 e. The van der Waals surface area contributed by atoms with Crippen LogP contribution in [0.5, 0.6) is 0 Å². The van der Waals surface area contributed by atoms with Crippen molar-refractivity contribution in [1.82, 2.24) is 0 Å². The third kappa shape index (κ3) is 1.96. The summed E-state index contributed by atoms with van der Waals surface area (Å²) in [6.07, 6.45) is 3.39. The third-order valence-electron chi connectivity index (χ3n) is 4.80. The highest BCUT2D eigenvalue weighted by atomic mass is 35.5. The number of nitrogens with zero attached hydrogens (tertiary/aromatic N) is 1. The van der Waals surface area contributed by atoms with E-state index in [1.807, 2.05) is 24.3 Å². The normalized spacial score (nSPS) is 34.1. The van der Waals surface area contributed by atoms with E-state index in [-0.39, 0.29) is 24.6 Å². The average molecular weight is 334 g/mol. The first kappa shape index (κ1) is 14.7. The van der Waals surface area contributed by atoms with E-state index in [0.717, 1.165) is 0 Å². The molecule has 2 fully saturated rings. The minimum atomic E-state index is -0.752. The summed E-state index contributed by atoms with van der Waals surface area (Å²) in [7, 11) is 0. The summed E-state index contributed by atoms with van der Waals surface area (Å²) >= 11 is 6.23. The number of benzene rings is 1. The molecule has 1 aromatic carbocycles. The van der Waals surface area contributed by atoms with Crippen LogP contribution in [0, 0.1) is 11.8 Å². The lowest BCUT2D eigenvalue weighted by atomic mass is 9.77. The van der Waals surface area contributed by atoms with E-state index in [1.54, 1.807) is 24.0 Å². The van der Waals surface area contributed by atoms with Gasteiger partial charge in [-0.1, -0.05) is 35.9 Å². The first-order chi connectivity index (χ1) is 11.1. The maximum Gasteiger partial charge on any atom is 0.312 e. The van der Waals surface area contributed by atoms with Gasteiger partial charge in [0, 0.05) is 0 Å². The van der Waals surface area contributed by atoms with Crippen molar-refractivity contribution in [2.75, 3.05) is 18.1 Å². The Bertz CT molecular complexity index is 718. The zero-order valence-electron chi connectivity index (χ0n) is 12.6. The average Bonchev–Trinajstić information content (AvgIpc) is 3.16. The number of fused-ring (bicyclic) bond motifs is 1. The second-order valence-electron chi connectivity index (χ2n) is 6.03. The van der Waals surface area contributed by atoms with Crippen molar-refractivity contribution in [3.8, 4) is 0 Å². The molecule has 23 heavy (non-hydrogen) atoms. The van der Waals surface area contributed by atoms with Crippen LogP contribution in [0.3, 0.4) is 0 Å². The number of hydrogen-bond acceptors (Lipinski definition) is 4. The van der Waals surface area contributed by atoms with Gasteiger partial charge in [-0.2, -0.15) is 0 Å². The molecule has 0 N–H and O–H groups in total. The topological polar surface area (TPSA) is 55.8 Å². The molecule has 0 saturated carbocycles. The zero-order valence-corrected chi connectivity index (χ0v) is 13.3. The lowest BCUT2D eigenvalue weighted by molar-refractivity contribution is -0.151. The molecule has 4 atom stereocenters. The molecule has 0 aromatic heterocycles. The van der Waals surface area contributed by atoms with E-state index in [9.17, 15) is 9.59 Å². The van der Waals surface area contributed by atoms with Gasteiger partial charge in [0.05, 0.1) is 35.9 Å². The number of carbonyl (C=O) groups excluding carboxylic acids is 2. The van der Waals surface area contributed by atoms with Gasteiger partial charge in [-0.15, -0.1) is 0 Å². The van der Waals surface area contributed by atoms with Crippen molar-refractivity contribution in [2.24, 2.45) is 11.8 Å². The van der Waals surface area contributed by atoms with E-state index in [1.165, 1.54) is 0 Å². The number of rotatable bonds is 3. The second kappa shape index (κ2) is 5.08. The molecule has 6 heteroatoms. The molecule has 2 saturated heterocycles. The van der Waals surface area contributed by atoms with Gasteiger partial charge in [-0.25, -0.2) is 0 Å². The van der Waals surface area contributed by atoms with Gasteiger partial charge in [0.15, 0.2) is 0 Å². The SMILES string of the molecule is CCOC(=O)[C@@H]1[C@H]2C(=O)N(c3ccccc3Cl)C[C@]23C=C[C@H]1O3. The maximum atomic E-state index is 13.0. The predicted octanol–water partition coefficient (Wildman–Crippen LogP) is 2.19. The molecule has 2 bridgehead atoms. The van der Waals surface area contributed by atoms with Crippen LogP contribution in [0.25, 0.3) is 0 Å². The van der Waals surface area contributed by atoms with E-state index in [4.69, 9.17) is 21.1 Å². The van der Waals surface area contributed by atoms with Gasteiger partial charge in [-0.05, 0) is 19.1 Å². The smallest absolute Gasteiger partial charge is 0.312 e. The standard InChI is InChI=1S/C17H16ClNO4/c1-2-22-16(21)13-12-7-8-17(23-12)9-19(15(20)14(13)17)11-6-4-3-5-10(11)18/h3-8,12-14H,2,9H2,1H3/t12-,13+,14+,17-/m1/s1. The van der Waals surface area contributed by atoms with E-state index >= 15 is 0 Å². The van der Waals surface area contributed by atoms with Crippen LogP contribution in [0.1, 0.15) is 6.92 Å². The minimum absolute atomic E-state index is 0.136. The Hall–Kier alpha value is -1.85. The molecule has 1 amide bonds. The summed E-state index contributed by atoms with van der Waals surface area (Å²) in [4.78, 5) is 26.9. The Morgan fingerprint density at radius 1 is 1.48 bits per heavy atom. The van der Waals surface area contributed by atoms with Gasteiger partial charge >= 0.3 is 5.97 Å². The molecule has 3 aliphatic heterocycles. The molecule has 1 spiro atoms. The summed E-state index contributed by atoms with van der Waals surface area (Å²) in [5.41, 5.74) is -0.107. The molecule has 4 rings (SSSR count). The number of para-hydroxylation sites is 1. The number of hydrogen-bond donors (Lipinski definition) is 0. The van der Waals surface area contributed by atoms with Gasteiger partial charge in [0.25, 0.3) is 0 Å². The van der Waals surface area contributed by atoms with Crippen molar-refractivity contribution in [3.05, 3.63) is 41.4 Å². The van der Waals surface area contributed by atoms with Crippen molar-refractivity contribution < 1.29 is 19.1 Å². The number of anilines is 1. The van der Waals surface area contributed by atoms with Gasteiger partial charge in [-0.3, -0.25) is 9.59 Å². The number of esters is 1. The Kier molecular flexibility index (Phi) is 3.25. The molecular formula is C17H16ClNO4. The number of halogens is 1. The fraction of sp³-hybridized carbons (Fsp3) is 0.412. The summed E-state index contributed by atoms with van der Waals surface area (Å²) in [6.45, 7) is 2.40. The molecule has 1 aromatic rings. The summed E-state index contributed by atoms with van der Waals surface area (Å²) < 4.78 is 11.2. The van der Waals surface area contributed by atoms with Crippen molar-refractivity contribution in [2.45, 2.75) is 18.6 Å². The lowest BCUT2D eigenvalue weighted by Gasteiger charge is -2.22. The van der Waals surface area contributed by atoms with Gasteiger partial charge in [0.2, 0.25) is 5.91 Å². The van der Waals surface area contributed by atoms with Crippen LogP contribution in [-0.4, -0.2) is 36.7 Å². The Morgan fingerprint density at radius 3 is 3.00 bits per heavy atom. The largest absolute Gasteiger partial charge is 0.466 e. The van der Waals surface area contributed by atoms with E-state index in [0.29, 0.717) is 17.3 Å². The molecule has 5 nitrogen and oxygen atoms in total. The predicted molar refractivity (Wildman–Crippen MR) is 84.2 cm³/mol. The number of ether oxygens (including phenoxy) is 2. The van der Waals surface area contributed by atoms with Gasteiger partial charge in [0.1, 0.15) is 11.5 Å². The van der Waals surface area contributed by atoms with Gasteiger partial charge < -0.3 is 14.4 Å². The quantitative estimate of drug-likeness (QED) is 0.628. The third-order valence-corrected chi connectivity index (χ3v) is 5.12. The first-order valence-electron chi connectivity index (χ1n) is 7.67. The Labute approximate surface area is 138 Å². The van der Waals surface area contributed by atoms with Crippen LogP contribution in [-0.2, 0) is 19.1 Å². The monoisotopic (exact) mass is 333 g/mol. The zero-order chi connectivity index (χ0) is 16.2. The Balaban J connectivity index is 1.71. The number of carbonyl (C=O) groups is 2. The fourth-order valence-electron chi connectivity index (χ4n) is 3.88. The summed E-state index contributed by atoms with van der Waals surface area (Å²) in [6, 6.07) is 7.19. The molecule has 3 heterocycles. The highest BCUT2D eigenvalue weighted by Gasteiger charge is 2.67. The lowest BCUT2D eigenvalue weighted by Crippen LogP contribution is -2.40. The fourth-order valence-corrected chi connectivity index (χ4v) is 4.12. The van der Waals surface area contributed by atoms with Crippen LogP contribution >= 0.6 is 11.6 Å². The molecule has 0 unspecified atom stereocenters. The molecule has 0 aliphatic carbocycles. The highest BCUT2D eigenvalue weighted by molar-refractivity contribution is 6.34. The van der Waals surface area contributed by atoms with E-state index < -0.39 is 17.4 Å². The van der Waals surface area contributed by atoms with Crippen LogP contribution in [0.2, 0.25) is 5.02 Å².